The average Bonchev–Trinajstić information content (AvgIpc) is 2.82. The Morgan fingerprint density at radius 3 is 1.74 bits per heavy atom. The maximum atomic E-state index is 13.5. The van der Waals surface area contributed by atoms with Crippen molar-refractivity contribution >= 4 is 51.7 Å². The standard InChI is InChI=1S/C25H19ClN2O6/c1-12(11-30)27-22(31)14-3-5-16-21-17(6-4-15(20(14)21)23(27)32)25(34)28(24(16)33)19-7-2-13(8-9-29)10-18(19)26/h2-7,10,12,29-30H,8-9,11H2,1H3. The molecule has 2 aliphatic heterocycles. The highest BCUT2D eigenvalue weighted by Gasteiger charge is 2.41. The number of carbonyl (C=O) groups excluding carboxylic acids is 4. The summed E-state index contributed by atoms with van der Waals surface area (Å²) in [6.45, 7) is 1.10. The molecule has 2 N–H and O–H groups in total. The molecule has 0 radical (unpaired) electrons. The van der Waals surface area contributed by atoms with Gasteiger partial charge < -0.3 is 10.2 Å². The fourth-order valence-corrected chi connectivity index (χ4v) is 4.90. The summed E-state index contributed by atoms with van der Waals surface area (Å²) >= 11 is 6.40. The highest BCUT2D eigenvalue weighted by atomic mass is 35.5. The molecule has 4 amide bonds. The number of rotatable bonds is 5. The maximum absolute atomic E-state index is 13.5. The van der Waals surface area contributed by atoms with Gasteiger partial charge in [-0.1, -0.05) is 17.7 Å². The van der Waals surface area contributed by atoms with E-state index < -0.39 is 36.3 Å². The summed E-state index contributed by atoms with van der Waals surface area (Å²) in [6.07, 6.45) is 0.379. The first-order chi connectivity index (χ1) is 16.3. The number of aliphatic hydroxyl groups is 2. The van der Waals surface area contributed by atoms with Crippen molar-refractivity contribution < 1.29 is 29.4 Å². The van der Waals surface area contributed by atoms with E-state index in [9.17, 15) is 24.3 Å². The highest BCUT2D eigenvalue weighted by Crippen LogP contribution is 2.40. The van der Waals surface area contributed by atoms with E-state index in [1.807, 2.05) is 0 Å². The molecule has 1 atom stereocenters. The van der Waals surface area contributed by atoms with Gasteiger partial charge in [0.25, 0.3) is 23.6 Å². The lowest BCUT2D eigenvalue weighted by molar-refractivity contribution is 0.0491. The van der Waals surface area contributed by atoms with Gasteiger partial charge in [-0.15, -0.1) is 0 Å². The van der Waals surface area contributed by atoms with Crippen LogP contribution in [0, 0.1) is 0 Å². The van der Waals surface area contributed by atoms with Crippen LogP contribution >= 0.6 is 11.6 Å². The van der Waals surface area contributed by atoms with E-state index >= 15 is 0 Å². The number of hydrogen-bond acceptors (Lipinski definition) is 6. The third kappa shape index (κ3) is 3.00. The first kappa shape index (κ1) is 22.2. The van der Waals surface area contributed by atoms with Crippen LogP contribution in [0.2, 0.25) is 5.02 Å². The van der Waals surface area contributed by atoms with Gasteiger partial charge >= 0.3 is 0 Å². The number of hydrogen-bond donors (Lipinski definition) is 2. The van der Waals surface area contributed by atoms with Crippen molar-refractivity contribution in [3.05, 3.63) is 75.3 Å². The quantitative estimate of drug-likeness (QED) is 0.545. The van der Waals surface area contributed by atoms with Crippen LogP contribution in [0.4, 0.5) is 5.69 Å². The van der Waals surface area contributed by atoms with E-state index in [-0.39, 0.29) is 50.3 Å². The van der Waals surface area contributed by atoms with E-state index in [0.717, 1.165) is 15.4 Å². The molecule has 9 heteroatoms. The molecule has 0 aromatic heterocycles. The van der Waals surface area contributed by atoms with Crippen LogP contribution in [-0.2, 0) is 6.42 Å². The number of anilines is 1. The molecule has 1 unspecified atom stereocenters. The van der Waals surface area contributed by atoms with Gasteiger partial charge in [-0.05, 0) is 55.3 Å². The van der Waals surface area contributed by atoms with Gasteiger partial charge in [0.2, 0.25) is 0 Å². The van der Waals surface area contributed by atoms with Crippen LogP contribution in [0.15, 0.2) is 42.5 Å². The monoisotopic (exact) mass is 478 g/mol. The minimum absolute atomic E-state index is 0.0662. The molecule has 0 spiro atoms. The zero-order valence-electron chi connectivity index (χ0n) is 18.0. The Kier molecular flexibility index (Phi) is 5.24. The van der Waals surface area contributed by atoms with E-state index in [4.69, 9.17) is 16.7 Å². The summed E-state index contributed by atoms with van der Waals surface area (Å²) in [5, 5.41) is 19.4. The minimum atomic E-state index is -0.731. The Morgan fingerprint density at radius 1 is 0.794 bits per heavy atom. The molecule has 2 heterocycles. The van der Waals surface area contributed by atoms with Crippen molar-refractivity contribution in [2.24, 2.45) is 0 Å². The van der Waals surface area contributed by atoms with Gasteiger partial charge in [-0.25, -0.2) is 4.90 Å². The summed E-state index contributed by atoms with van der Waals surface area (Å²) in [5.74, 6) is -2.42. The predicted octanol–water partition coefficient (Wildman–Crippen LogP) is 2.81. The second kappa shape index (κ2) is 8.02. The van der Waals surface area contributed by atoms with E-state index in [1.54, 1.807) is 25.1 Å². The number of nitrogens with zero attached hydrogens (tertiary/aromatic N) is 2. The van der Waals surface area contributed by atoms with Crippen molar-refractivity contribution in [2.45, 2.75) is 19.4 Å². The number of imide groups is 2. The molecule has 5 rings (SSSR count). The summed E-state index contributed by atoms with van der Waals surface area (Å²) in [5.41, 5.74) is 1.69. The molecule has 0 fully saturated rings. The highest BCUT2D eigenvalue weighted by molar-refractivity contribution is 6.42. The topological polar surface area (TPSA) is 115 Å². The first-order valence-electron chi connectivity index (χ1n) is 10.7. The van der Waals surface area contributed by atoms with Gasteiger partial charge in [-0.2, -0.15) is 0 Å². The summed E-state index contributed by atoms with van der Waals surface area (Å²) < 4.78 is 0. The number of benzene rings is 3. The normalized spacial score (nSPS) is 16.0. The average molecular weight is 479 g/mol. The zero-order chi connectivity index (χ0) is 24.3. The molecule has 0 saturated heterocycles. The second-order valence-corrected chi connectivity index (χ2v) is 8.70. The molecule has 34 heavy (non-hydrogen) atoms. The third-order valence-electron chi connectivity index (χ3n) is 6.28. The molecule has 8 nitrogen and oxygen atoms in total. The molecular weight excluding hydrogens is 460 g/mol. The van der Waals surface area contributed by atoms with E-state index in [0.29, 0.717) is 6.42 Å². The first-order valence-corrected chi connectivity index (χ1v) is 11.0. The lowest BCUT2D eigenvalue weighted by Gasteiger charge is -2.34. The molecule has 3 aromatic carbocycles. The van der Waals surface area contributed by atoms with Gasteiger partial charge in [0.1, 0.15) is 0 Å². The molecule has 0 aliphatic carbocycles. The van der Waals surface area contributed by atoms with Crippen molar-refractivity contribution in [1.29, 1.82) is 0 Å². The third-order valence-corrected chi connectivity index (χ3v) is 6.59. The van der Waals surface area contributed by atoms with Crippen molar-refractivity contribution in [3.8, 4) is 0 Å². The Bertz CT molecular complexity index is 1360. The number of halogens is 1. The largest absolute Gasteiger partial charge is 0.396 e. The van der Waals surface area contributed by atoms with Crippen molar-refractivity contribution in [1.82, 2.24) is 4.90 Å². The van der Waals surface area contributed by atoms with Crippen molar-refractivity contribution in [2.75, 3.05) is 18.1 Å². The molecule has 3 aromatic rings. The summed E-state index contributed by atoms with van der Waals surface area (Å²) in [7, 11) is 0. The predicted molar refractivity (Wildman–Crippen MR) is 124 cm³/mol. The number of aliphatic hydroxyl groups excluding tert-OH is 2. The summed E-state index contributed by atoms with van der Waals surface area (Å²) in [4.78, 5) is 55.1. The molecule has 2 aliphatic rings. The fraction of sp³-hybridized carbons (Fsp3) is 0.200. The maximum Gasteiger partial charge on any atom is 0.266 e. The SMILES string of the molecule is CC(CO)N1C(=O)c2ccc3c4c(ccc(c24)C1=O)C(=O)N(c1ccc(CCO)cc1Cl)C3=O. The molecule has 172 valence electrons. The van der Waals surface area contributed by atoms with E-state index in [1.165, 1.54) is 24.3 Å². The Labute approximate surface area is 199 Å². The van der Waals surface area contributed by atoms with Crippen LogP contribution in [-0.4, -0.2) is 58.0 Å². The number of carbonyl (C=O) groups is 4. The van der Waals surface area contributed by atoms with Gasteiger partial charge in [0.15, 0.2) is 0 Å². The molecule has 0 saturated carbocycles. The molecule has 0 bridgehead atoms. The van der Waals surface area contributed by atoms with Crippen LogP contribution in [0.3, 0.4) is 0 Å². The van der Waals surface area contributed by atoms with Gasteiger partial charge in [0, 0.05) is 39.6 Å². The lowest BCUT2D eigenvalue weighted by atomic mass is 9.85. The summed E-state index contributed by atoms with van der Waals surface area (Å²) in [6, 6.07) is 9.97. The molecular formula is C25H19ClN2O6. The lowest BCUT2D eigenvalue weighted by Crippen LogP contribution is -2.48. The number of amides is 4. The van der Waals surface area contributed by atoms with Crippen LogP contribution in [0.25, 0.3) is 10.8 Å². The van der Waals surface area contributed by atoms with Crippen LogP contribution in [0.1, 0.15) is 53.9 Å². The van der Waals surface area contributed by atoms with Crippen molar-refractivity contribution in [3.63, 3.8) is 0 Å². The van der Waals surface area contributed by atoms with E-state index in [2.05, 4.69) is 0 Å². The zero-order valence-corrected chi connectivity index (χ0v) is 18.8. The minimum Gasteiger partial charge on any atom is -0.396 e. The smallest absolute Gasteiger partial charge is 0.266 e. The van der Waals surface area contributed by atoms with Crippen LogP contribution in [0.5, 0.6) is 0 Å². The van der Waals surface area contributed by atoms with Gasteiger partial charge in [0.05, 0.1) is 23.4 Å². The Balaban J connectivity index is 1.69. The Hall–Kier alpha value is -3.59. The van der Waals surface area contributed by atoms with Gasteiger partial charge in [-0.3, -0.25) is 24.1 Å². The fourth-order valence-electron chi connectivity index (χ4n) is 4.61. The van der Waals surface area contributed by atoms with Crippen LogP contribution < -0.4 is 4.90 Å². The second-order valence-electron chi connectivity index (χ2n) is 8.29. The Morgan fingerprint density at radius 2 is 1.29 bits per heavy atom.